The van der Waals surface area contributed by atoms with Crippen molar-refractivity contribution in [2.75, 3.05) is 0 Å². The number of rotatable bonds is 5. The second-order valence-corrected chi connectivity index (χ2v) is 6.42. The summed E-state index contributed by atoms with van der Waals surface area (Å²) in [4.78, 5) is 20.9. The van der Waals surface area contributed by atoms with Gasteiger partial charge >= 0.3 is 5.97 Å². The van der Waals surface area contributed by atoms with Crippen LogP contribution in [-0.4, -0.2) is 11.6 Å². The van der Waals surface area contributed by atoms with E-state index in [9.17, 15) is 4.79 Å². The Morgan fingerprint density at radius 2 is 1.56 bits per heavy atom. The Kier molecular flexibility index (Phi) is 6.01. The van der Waals surface area contributed by atoms with Gasteiger partial charge < -0.3 is 0 Å². The maximum absolute atomic E-state index is 11.3. The van der Waals surface area contributed by atoms with Gasteiger partial charge in [-0.25, -0.2) is 4.79 Å². The van der Waals surface area contributed by atoms with E-state index < -0.39 is 5.60 Å². The monoisotopic (exact) mass is 230 g/mol. The molecule has 0 bridgehead atoms. The van der Waals surface area contributed by atoms with Gasteiger partial charge in [0.2, 0.25) is 0 Å². The average molecular weight is 230 g/mol. The molecule has 0 rings (SSSR count). The Morgan fingerprint density at radius 3 is 2.00 bits per heavy atom. The third kappa shape index (κ3) is 11.5. The summed E-state index contributed by atoms with van der Waals surface area (Å²) in [6, 6.07) is 0. The Hall–Kier alpha value is -0.570. The Balaban J connectivity index is 3.52. The van der Waals surface area contributed by atoms with Crippen molar-refractivity contribution in [3.05, 3.63) is 0 Å². The Bertz CT molecular complexity index is 208. The van der Waals surface area contributed by atoms with E-state index in [0.717, 1.165) is 19.3 Å². The number of carbonyl (C=O) groups is 1. The average Bonchev–Trinajstić information content (AvgIpc) is 2.06. The van der Waals surface area contributed by atoms with E-state index >= 15 is 0 Å². The fraction of sp³-hybridized carbons (Fsp3) is 0.923. The number of hydrogen-bond acceptors (Lipinski definition) is 3. The number of hydrogen-bond donors (Lipinski definition) is 0. The van der Waals surface area contributed by atoms with Crippen LogP contribution in [0.1, 0.15) is 67.2 Å². The van der Waals surface area contributed by atoms with Crippen LogP contribution in [0.25, 0.3) is 0 Å². The summed E-state index contributed by atoms with van der Waals surface area (Å²) in [5.41, 5.74) is -0.0904. The van der Waals surface area contributed by atoms with Crippen LogP contribution in [-0.2, 0) is 14.6 Å². The molecule has 16 heavy (non-hydrogen) atoms. The van der Waals surface area contributed by atoms with Crippen molar-refractivity contribution in [1.82, 2.24) is 0 Å². The summed E-state index contributed by atoms with van der Waals surface area (Å²) >= 11 is 0. The second kappa shape index (κ2) is 6.24. The Morgan fingerprint density at radius 1 is 1.00 bits per heavy atom. The molecular weight excluding hydrogens is 204 g/mol. The van der Waals surface area contributed by atoms with Gasteiger partial charge in [0, 0.05) is 6.42 Å². The predicted octanol–water partition coefficient (Wildman–Crippen LogP) is 3.87. The molecule has 0 fully saturated rings. The van der Waals surface area contributed by atoms with Crippen LogP contribution < -0.4 is 0 Å². The van der Waals surface area contributed by atoms with E-state index in [1.807, 2.05) is 20.8 Å². The molecule has 0 unspecified atom stereocenters. The lowest BCUT2D eigenvalue weighted by Gasteiger charge is -2.18. The van der Waals surface area contributed by atoms with Gasteiger partial charge in [-0.1, -0.05) is 27.2 Å². The minimum Gasteiger partial charge on any atom is -0.298 e. The smallest absolute Gasteiger partial charge is 0.298 e. The molecule has 3 heteroatoms. The lowest BCUT2D eigenvalue weighted by Crippen LogP contribution is -2.21. The van der Waals surface area contributed by atoms with Crippen molar-refractivity contribution in [2.24, 2.45) is 5.41 Å². The molecule has 0 aromatic carbocycles. The maximum Gasteiger partial charge on any atom is 0.342 e. The molecule has 0 atom stereocenters. The van der Waals surface area contributed by atoms with Crippen molar-refractivity contribution < 1.29 is 14.6 Å². The van der Waals surface area contributed by atoms with E-state index in [4.69, 9.17) is 9.78 Å². The van der Waals surface area contributed by atoms with Crippen LogP contribution in [0, 0.1) is 5.41 Å². The largest absolute Gasteiger partial charge is 0.342 e. The molecule has 0 heterocycles. The lowest BCUT2D eigenvalue weighted by molar-refractivity contribution is -0.320. The summed E-state index contributed by atoms with van der Waals surface area (Å²) in [6.07, 6.45) is 3.48. The lowest BCUT2D eigenvalue weighted by atomic mass is 9.89. The van der Waals surface area contributed by atoms with Gasteiger partial charge in [-0.2, -0.15) is 4.89 Å². The SMILES string of the molecule is CC(C)(C)CCCCC(=O)OOC(C)(C)C. The van der Waals surface area contributed by atoms with Crippen LogP contribution in [0.5, 0.6) is 0 Å². The molecule has 3 nitrogen and oxygen atoms in total. The zero-order valence-electron chi connectivity index (χ0n) is 11.6. The quantitative estimate of drug-likeness (QED) is 0.408. The van der Waals surface area contributed by atoms with Gasteiger partial charge in [0.05, 0.1) is 0 Å². The van der Waals surface area contributed by atoms with Crippen LogP contribution in [0.4, 0.5) is 0 Å². The fourth-order valence-corrected chi connectivity index (χ4v) is 1.14. The second-order valence-electron chi connectivity index (χ2n) is 6.42. The van der Waals surface area contributed by atoms with Crippen molar-refractivity contribution >= 4 is 5.97 Å². The fourth-order valence-electron chi connectivity index (χ4n) is 1.14. The molecule has 0 amide bonds. The van der Waals surface area contributed by atoms with E-state index in [2.05, 4.69) is 20.8 Å². The van der Waals surface area contributed by atoms with Crippen LogP contribution >= 0.6 is 0 Å². The van der Waals surface area contributed by atoms with Crippen molar-refractivity contribution in [3.63, 3.8) is 0 Å². The van der Waals surface area contributed by atoms with Crippen LogP contribution in [0.3, 0.4) is 0 Å². The minimum atomic E-state index is -0.429. The standard InChI is InChI=1S/C13H26O3/c1-12(2,3)10-8-7-9-11(14)15-16-13(4,5)6/h7-10H2,1-6H3. The Labute approximate surface area is 99.4 Å². The molecule has 0 radical (unpaired) electrons. The molecule has 0 aliphatic heterocycles. The molecule has 0 saturated heterocycles. The molecule has 0 aromatic rings. The summed E-state index contributed by atoms with van der Waals surface area (Å²) in [7, 11) is 0. The van der Waals surface area contributed by atoms with E-state index in [0.29, 0.717) is 11.8 Å². The van der Waals surface area contributed by atoms with Crippen molar-refractivity contribution in [2.45, 2.75) is 72.8 Å². The third-order valence-corrected chi connectivity index (χ3v) is 1.94. The molecule has 0 aliphatic carbocycles. The van der Waals surface area contributed by atoms with Crippen LogP contribution in [0.15, 0.2) is 0 Å². The predicted molar refractivity (Wildman–Crippen MR) is 64.9 cm³/mol. The summed E-state index contributed by atoms with van der Waals surface area (Å²) in [5, 5.41) is 0. The summed E-state index contributed by atoms with van der Waals surface area (Å²) in [6.45, 7) is 12.1. The van der Waals surface area contributed by atoms with Crippen molar-refractivity contribution in [3.8, 4) is 0 Å². The first-order valence-corrected chi connectivity index (χ1v) is 5.99. The van der Waals surface area contributed by atoms with Gasteiger partial charge in [0.1, 0.15) is 5.60 Å². The van der Waals surface area contributed by atoms with Gasteiger partial charge in [-0.15, -0.1) is 0 Å². The molecule has 0 saturated carbocycles. The first-order chi connectivity index (χ1) is 7.10. The van der Waals surface area contributed by atoms with Crippen LogP contribution in [0.2, 0.25) is 0 Å². The summed E-state index contributed by atoms with van der Waals surface area (Å²) in [5.74, 6) is -0.274. The maximum atomic E-state index is 11.3. The highest BCUT2D eigenvalue weighted by atomic mass is 17.2. The first-order valence-electron chi connectivity index (χ1n) is 5.99. The zero-order chi connectivity index (χ0) is 12.8. The molecule has 0 spiro atoms. The zero-order valence-corrected chi connectivity index (χ0v) is 11.6. The normalized spacial score (nSPS) is 12.6. The first kappa shape index (κ1) is 15.4. The number of carbonyl (C=O) groups excluding carboxylic acids is 1. The highest BCUT2D eigenvalue weighted by Gasteiger charge is 2.15. The highest BCUT2D eigenvalue weighted by Crippen LogP contribution is 2.22. The molecule has 0 aliphatic rings. The third-order valence-electron chi connectivity index (χ3n) is 1.94. The highest BCUT2D eigenvalue weighted by molar-refractivity contribution is 5.68. The van der Waals surface area contributed by atoms with E-state index in [1.165, 1.54) is 0 Å². The topological polar surface area (TPSA) is 35.5 Å². The van der Waals surface area contributed by atoms with E-state index in [1.54, 1.807) is 0 Å². The summed E-state index contributed by atoms with van der Waals surface area (Å²) < 4.78 is 0. The van der Waals surface area contributed by atoms with Gasteiger partial charge in [0.15, 0.2) is 0 Å². The molecule has 0 N–H and O–H groups in total. The molecular formula is C13H26O3. The number of unbranched alkanes of at least 4 members (excludes halogenated alkanes) is 1. The minimum absolute atomic E-state index is 0.274. The van der Waals surface area contributed by atoms with Gasteiger partial charge in [0.25, 0.3) is 0 Å². The van der Waals surface area contributed by atoms with E-state index in [-0.39, 0.29) is 5.97 Å². The molecule has 96 valence electrons. The van der Waals surface area contributed by atoms with Crippen molar-refractivity contribution in [1.29, 1.82) is 0 Å². The molecule has 0 aromatic heterocycles. The van der Waals surface area contributed by atoms with Gasteiger partial charge in [-0.05, 0) is 39.0 Å². The van der Waals surface area contributed by atoms with Gasteiger partial charge in [-0.3, -0.25) is 4.89 Å².